The van der Waals surface area contributed by atoms with Crippen LogP contribution >= 0.6 is 11.6 Å². The van der Waals surface area contributed by atoms with Gasteiger partial charge in [-0.2, -0.15) is 4.31 Å². The van der Waals surface area contributed by atoms with E-state index in [1.54, 1.807) is 18.2 Å². The number of halogens is 2. The monoisotopic (exact) mass is 454 g/mol. The van der Waals surface area contributed by atoms with E-state index in [4.69, 9.17) is 22.1 Å². The molecule has 2 aromatic carbocycles. The van der Waals surface area contributed by atoms with Crippen LogP contribution < -0.4 is 10.5 Å². The van der Waals surface area contributed by atoms with Crippen molar-refractivity contribution >= 4 is 27.5 Å². The second-order valence-corrected chi connectivity index (χ2v) is 10.0. The van der Waals surface area contributed by atoms with Gasteiger partial charge in [0, 0.05) is 29.9 Å². The number of hydrogen-bond donors (Lipinski definition) is 1. The number of nitrogens with two attached hydrogens (primary N) is 1. The van der Waals surface area contributed by atoms with Gasteiger partial charge in [-0.05, 0) is 55.7 Å². The fraction of sp³-hybridized carbons (Fsp3) is 0.381. The molecular weight excluding hydrogens is 431 g/mol. The summed E-state index contributed by atoms with van der Waals surface area (Å²) in [7, 11) is -4.06. The normalized spacial score (nSPS) is 20.1. The summed E-state index contributed by atoms with van der Waals surface area (Å²) in [6, 6.07) is 10.5. The Bertz CT molecular complexity index is 1050. The summed E-state index contributed by atoms with van der Waals surface area (Å²) in [6.07, 6.45) is 1.03. The van der Waals surface area contributed by atoms with Crippen LogP contribution in [0.25, 0.3) is 0 Å². The maximum absolute atomic E-state index is 14.2. The third kappa shape index (κ3) is 4.94. The lowest BCUT2D eigenvalue weighted by Crippen LogP contribution is -2.50. The number of benzene rings is 2. The maximum atomic E-state index is 14.2. The number of sulfonamides is 1. The minimum absolute atomic E-state index is 0.0131. The standard InChI is InChI=1S/C21H24ClFN2O4S/c1-15-11-16(7-8-17(15)22)29-14-21(12-20(24)26)9-4-10-25(13-21)30(27,28)19-6-3-2-5-18(19)23/h2-3,5-8,11H,4,9-10,12-14H2,1H3,(H2,24,26). The molecular formula is C21H24ClFN2O4S. The van der Waals surface area contributed by atoms with Crippen LogP contribution in [0.15, 0.2) is 47.4 Å². The summed E-state index contributed by atoms with van der Waals surface area (Å²) in [5.41, 5.74) is 5.50. The van der Waals surface area contributed by atoms with Crippen molar-refractivity contribution in [3.8, 4) is 5.75 Å². The Hall–Kier alpha value is -2.16. The van der Waals surface area contributed by atoms with E-state index >= 15 is 0 Å². The summed E-state index contributed by atoms with van der Waals surface area (Å²) in [5.74, 6) is -0.790. The van der Waals surface area contributed by atoms with E-state index in [1.807, 2.05) is 6.92 Å². The van der Waals surface area contributed by atoms with Gasteiger partial charge in [-0.3, -0.25) is 4.79 Å². The molecule has 2 N–H and O–H groups in total. The average Bonchev–Trinajstić information content (AvgIpc) is 2.69. The molecule has 30 heavy (non-hydrogen) atoms. The van der Waals surface area contributed by atoms with Crippen molar-refractivity contribution in [3.05, 3.63) is 58.9 Å². The maximum Gasteiger partial charge on any atom is 0.246 e. The largest absolute Gasteiger partial charge is 0.493 e. The van der Waals surface area contributed by atoms with Gasteiger partial charge in [-0.1, -0.05) is 23.7 Å². The Morgan fingerprint density at radius 2 is 2.03 bits per heavy atom. The summed E-state index contributed by atoms with van der Waals surface area (Å²) in [6.45, 7) is 2.19. The molecule has 0 radical (unpaired) electrons. The van der Waals surface area contributed by atoms with Gasteiger partial charge in [0.25, 0.3) is 0 Å². The van der Waals surface area contributed by atoms with E-state index in [-0.39, 0.29) is 31.0 Å². The molecule has 1 atom stereocenters. The molecule has 1 aliphatic heterocycles. The minimum atomic E-state index is -4.06. The first kappa shape index (κ1) is 22.5. The zero-order chi connectivity index (χ0) is 21.9. The molecule has 0 aromatic heterocycles. The number of amides is 1. The summed E-state index contributed by atoms with van der Waals surface area (Å²) >= 11 is 6.05. The number of rotatable bonds is 7. The van der Waals surface area contributed by atoms with Gasteiger partial charge < -0.3 is 10.5 Å². The molecule has 9 heteroatoms. The molecule has 162 valence electrons. The Balaban J connectivity index is 1.85. The summed E-state index contributed by atoms with van der Waals surface area (Å²) in [5, 5.41) is 0.606. The SMILES string of the molecule is Cc1cc(OCC2(CC(N)=O)CCCN(S(=O)(=O)c3ccccc3F)C2)ccc1Cl. The number of carbonyl (C=O) groups excluding carboxylic acids is 1. The van der Waals surface area contributed by atoms with Crippen molar-refractivity contribution < 1.29 is 22.3 Å². The lowest BCUT2D eigenvalue weighted by atomic mass is 9.78. The van der Waals surface area contributed by atoms with E-state index in [0.717, 1.165) is 11.6 Å². The van der Waals surface area contributed by atoms with Crippen molar-refractivity contribution in [2.75, 3.05) is 19.7 Å². The van der Waals surface area contributed by atoms with Crippen LogP contribution in [-0.2, 0) is 14.8 Å². The molecule has 1 aliphatic rings. The van der Waals surface area contributed by atoms with Crippen molar-refractivity contribution in [1.82, 2.24) is 4.31 Å². The Labute approximate surface area is 180 Å². The quantitative estimate of drug-likeness (QED) is 0.693. The van der Waals surface area contributed by atoms with Gasteiger partial charge in [0.15, 0.2) is 0 Å². The zero-order valence-electron chi connectivity index (χ0n) is 16.6. The molecule has 1 saturated heterocycles. The molecule has 0 bridgehead atoms. The smallest absolute Gasteiger partial charge is 0.246 e. The Morgan fingerprint density at radius 3 is 2.70 bits per heavy atom. The highest BCUT2D eigenvalue weighted by Crippen LogP contribution is 2.37. The third-order valence-corrected chi connectivity index (χ3v) is 7.61. The molecule has 0 aliphatic carbocycles. The number of nitrogens with zero attached hydrogens (tertiary/aromatic N) is 1. The molecule has 3 rings (SSSR count). The number of carbonyl (C=O) groups is 1. The summed E-state index contributed by atoms with van der Waals surface area (Å²) in [4.78, 5) is 11.4. The molecule has 0 spiro atoms. The first-order chi connectivity index (χ1) is 14.1. The van der Waals surface area contributed by atoms with Crippen LogP contribution in [0.5, 0.6) is 5.75 Å². The molecule has 1 fully saturated rings. The van der Waals surface area contributed by atoms with Gasteiger partial charge in [0.1, 0.15) is 16.5 Å². The van der Waals surface area contributed by atoms with Crippen molar-refractivity contribution in [2.45, 2.75) is 31.1 Å². The van der Waals surface area contributed by atoms with Crippen LogP contribution in [0.2, 0.25) is 5.02 Å². The van der Waals surface area contributed by atoms with Crippen LogP contribution in [0.1, 0.15) is 24.8 Å². The third-order valence-electron chi connectivity index (χ3n) is 5.30. The second kappa shape index (κ2) is 8.91. The molecule has 6 nitrogen and oxygen atoms in total. The molecule has 1 heterocycles. The van der Waals surface area contributed by atoms with Crippen LogP contribution in [0.4, 0.5) is 4.39 Å². The number of ether oxygens (including phenoxy) is 1. The first-order valence-electron chi connectivity index (χ1n) is 9.55. The first-order valence-corrected chi connectivity index (χ1v) is 11.4. The predicted octanol–water partition coefficient (Wildman–Crippen LogP) is 3.51. The topological polar surface area (TPSA) is 89.7 Å². The average molecular weight is 455 g/mol. The Kier molecular flexibility index (Phi) is 6.69. The molecule has 1 amide bonds. The predicted molar refractivity (Wildman–Crippen MR) is 112 cm³/mol. The van der Waals surface area contributed by atoms with Crippen molar-refractivity contribution in [3.63, 3.8) is 0 Å². The van der Waals surface area contributed by atoms with Crippen LogP contribution in [-0.4, -0.2) is 38.3 Å². The Morgan fingerprint density at radius 1 is 1.30 bits per heavy atom. The highest BCUT2D eigenvalue weighted by atomic mass is 35.5. The van der Waals surface area contributed by atoms with Crippen LogP contribution in [0, 0.1) is 18.2 Å². The van der Waals surface area contributed by atoms with E-state index < -0.39 is 27.2 Å². The number of primary amides is 1. The fourth-order valence-electron chi connectivity index (χ4n) is 3.79. The number of piperidine rings is 1. The van der Waals surface area contributed by atoms with Gasteiger partial charge in [-0.25, -0.2) is 12.8 Å². The van der Waals surface area contributed by atoms with Crippen molar-refractivity contribution in [2.24, 2.45) is 11.1 Å². The minimum Gasteiger partial charge on any atom is -0.493 e. The lowest BCUT2D eigenvalue weighted by molar-refractivity contribution is -0.121. The van der Waals surface area contributed by atoms with Gasteiger partial charge in [-0.15, -0.1) is 0 Å². The molecule has 2 aromatic rings. The highest BCUT2D eigenvalue weighted by Gasteiger charge is 2.42. The zero-order valence-corrected chi connectivity index (χ0v) is 18.2. The van der Waals surface area contributed by atoms with E-state index in [0.29, 0.717) is 23.6 Å². The molecule has 1 unspecified atom stereocenters. The number of aryl methyl sites for hydroxylation is 1. The van der Waals surface area contributed by atoms with Crippen molar-refractivity contribution in [1.29, 1.82) is 0 Å². The van der Waals surface area contributed by atoms with Gasteiger partial charge in [0.2, 0.25) is 15.9 Å². The second-order valence-electron chi connectivity index (χ2n) is 7.72. The highest BCUT2D eigenvalue weighted by molar-refractivity contribution is 7.89. The summed E-state index contributed by atoms with van der Waals surface area (Å²) < 4.78 is 47.4. The van der Waals surface area contributed by atoms with E-state index in [2.05, 4.69) is 0 Å². The molecule has 0 saturated carbocycles. The van der Waals surface area contributed by atoms with Gasteiger partial charge >= 0.3 is 0 Å². The number of hydrogen-bond acceptors (Lipinski definition) is 4. The van der Waals surface area contributed by atoms with E-state index in [9.17, 15) is 17.6 Å². The van der Waals surface area contributed by atoms with Gasteiger partial charge in [0.05, 0.1) is 6.61 Å². The van der Waals surface area contributed by atoms with Crippen LogP contribution in [0.3, 0.4) is 0 Å². The van der Waals surface area contributed by atoms with E-state index in [1.165, 1.54) is 22.5 Å². The lowest BCUT2D eigenvalue weighted by Gasteiger charge is -2.41. The fourth-order valence-corrected chi connectivity index (χ4v) is 5.56.